The Morgan fingerprint density at radius 2 is 2.00 bits per heavy atom. The van der Waals surface area contributed by atoms with Gasteiger partial charge in [-0.3, -0.25) is 9.59 Å². The third-order valence-electron chi connectivity index (χ3n) is 3.69. The van der Waals surface area contributed by atoms with Crippen LogP contribution in [-0.2, 0) is 14.3 Å². The molecule has 9 heteroatoms. The fraction of sp³-hybridized carbons (Fsp3) is 0.167. The number of ether oxygens (including phenoxy) is 1. The normalized spacial score (nSPS) is 14.0. The van der Waals surface area contributed by atoms with Gasteiger partial charge in [-0.15, -0.1) is 11.8 Å². The maximum Gasteiger partial charge on any atom is 0.338 e. The molecule has 1 atom stereocenters. The molecule has 2 amide bonds. The lowest BCUT2D eigenvalue weighted by molar-refractivity contribution is -0.123. The van der Waals surface area contributed by atoms with E-state index >= 15 is 0 Å². The number of hydrogen-bond acceptors (Lipinski definition) is 5. The van der Waals surface area contributed by atoms with E-state index in [1.165, 1.54) is 30.8 Å². The molecule has 140 valence electrons. The summed E-state index contributed by atoms with van der Waals surface area (Å²) in [6, 6.07) is 7.26. The molecule has 2 aromatic carbocycles. The minimum absolute atomic E-state index is 0.146. The van der Waals surface area contributed by atoms with Crippen molar-refractivity contribution in [3.63, 3.8) is 0 Å². The lowest BCUT2D eigenvalue weighted by atomic mass is 10.2. The Bertz CT molecular complexity index is 936. The van der Waals surface area contributed by atoms with E-state index in [0.29, 0.717) is 11.4 Å². The number of esters is 1. The van der Waals surface area contributed by atoms with Crippen LogP contribution in [0.2, 0.25) is 0 Å². The highest BCUT2D eigenvalue weighted by Crippen LogP contribution is 2.32. The van der Waals surface area contributed by atoms with Gasteiger partial charge in [0.2, 0.25) is 5.91 Å². The molecule has 1 aliphatic rings. The molecule has 6 nitrogen and oxygen atoms in total. The van der Waals surface area contributed by atoms with Crippen molar-refractivity contribution in [3.8, 4) is 0 Å². The quantitative estimate of drug-likeness (QED) is 0.781. The molecular formula is C18H14F2N2O4S. The predicted octanol–water partition coefficient (Wildman–Crippen LogP) is 3.19. The van der Waals surface area contributed by atoms with Gasteiger partial charge < -0.3 is 15.4 Å². The van der Waals surface area contributed by atoms with Crippen LogP contribution in [0.3, 0.4) is 0 Å². The highest BCUT2D eigenvalue weighted by molar-refractivity contribution is 8.00. The minimum atomic E-state index is -1.25. The molecule has 0 bridgehead atoms. The second-order valence-electron chi connectivity index (χ2n) is 5.71. The smallest absolute Gasteiger partial charge is 0.338 e. The van der Waals surface area contributed by atoms with Gasteiger partial charge >= 0.3 is 5.97 Å². The molecule has 0 radical (unpaired) electrons. The lowest BCUT2D eigenvalue weighted by Gasteiger charge is -2.18. The van der Waals surface area contributed by atoms with Gasteiger partial charge in [0.15, 0.2) is 6.10 Å². The number of rotatable bonds is 4. The van der Waals surface area contributed by atoms with Gasteiger partial charge in [0.25, 0.3) is 5.91 Å². The van der Waals surface area contributed by atoms with Crippen LogP contribution < -0.4 is 10.6 Å². The monoisotopic (exact) mass is 392 g/mol. The van der Waals surface area contributed by atoms with Gasteiger partial charge in [0.05, 0.1) is 22.7 Å². The van der Waals surface area contributed by atoms with E-state index in [2.05, 4.69) is 10.6 Å². The van der Waals surface area contributed by atoms with E-state index in [4.69, 9.17) is 4.74 Å². The fourth-order valence-electron chi connectivity index (χ4n) is 2.32. The first kappa shape index (κ1) is 18.8. The van der Waals surface area contributed by atoms with Gasteiger partial charge in [-0.2, -0.15) is 0 Å². The second kappa shape index (κ2) is 7.75. The SMILES string of the molecule is CC(OC(=O)c1ccc2c(c1)NC(=O)CS2)C(=O)Nc1cc(F)ccc1F. The molecule has 0 aliphatic carbocycles. The molecule has 0 fully saturated rings. The van der Waals surface area contributed by atoms with Crippen molar-refractivity contribution in [3.05, 3.63) is 53.6 Å². The number of amides is 2. The zero-order valence-corrected chi connectivity index (χ0v) is 14.9. The first-order valence-corrected chi connectivity index (χ1v) is 8.85. The molecule has 1 unspecified atom stereocenters. The number of halogens is 2. The van der Waals surface area contributed by atoms with Gasteiger partial charge in [-0.05, 0) is 37.3 Å². The van der Waals surface area contributed by atoms with E-state index < -0.39 is 29.6 Å². The Kier molecular flexibility index (Phi) is 5.41. The number of anilines is 2. The van der Waals surface area contributed by atoms with Crippen LogP contribution in [0.25, 0.3) is 0 Å². The Balaban J connectivity index is 1.66. The van der Waals surface area contributed by atoms with Gasteiger partial charge in [-0.1, -0.05) is 0 Å². The van der Waals surface area contributed by atoms with E-state index in [-0.39, 0.29) is 17.2 Å². The molecule has 2 N–H and O–H groups in total. The standard InChI is InChI=1S/C18H14F2N2O4S/c1-9(17(24)22-13-7-11(19)3-4-12(13)20)26-18(25)10-2-5-15-14(6-10)21-16(23)8-27-15/h2-7,9H,8H2,1H3,(H,21,23)(H,22,24). The van der Waals surface area contributed by atoms with Crippen molar-refractivity contribution in [2.24, 2.45) is 0 Å². The molecule has 0 saturated heterocycles. The van der Waals surface area contributed by atoms with Crippen LogP contribution in [0, 0.1) is 11.6 Å². The highest BCUT2D eigenvalue weighted by Gasteiger charge is 2.22. The van der Waals surface area contributed by atoms with E-state index in [0.717, 1.165) is 23.1 Å². The molecule has 27 heavy (non-hydrogen) atoms. The maximum absolute atomic E-state index is 13.6. The van der Waals surface area contributed by atoms with E-state index in [1.54, 1.807) is 6.07 Å². The van der Waals surface area contributed by atoms with Gasteiger partial charge in [0.1, 0.15) is 11.6 Å². The number of fused-ring (bicyclic) bond motifs is 1. The van der Waals surface area contributed by atoms with Gasteiger partial charge in [0, 0.05) is 11.0 Å². The summed E-state index contributed by atoms with van der Waals surface area (Å²) < 4.78 is 31.8. The summed E-state index contributed by atoms with van der Waals surface area (Å²) in [4.78, 5) is 36.6. The van der Waals surface area contributed by atoms with Crippen molar-refractivity contribution in [2.45, 2.75) is 17.9 Å². The third-order valence-corrected chi connectivity index (χ3v) is 4.76. The molecular weight excluding hydrogens is 378 g/mol. The molecule has 0 saturated carbocycles. The van der Waals surface area contributed by atoms with Crippen molar-refractivity contribution in [2.75, 3.05) is 16.4 Å². The van der Waals surface area contributed by atoms with Crippen molar-refractivity contribution in [1.82, 2.24) is 0 Å². The molecule has 0 aromatic heterocycles. The number of hydrogen-bond donors (Lipinski definition) is 2. The summed E-state index contributed by atoms with van der Waals surface area (Å²) in [5, 5.41) is 4.82. The number of nitrogens with one attached hydrogen (secondary N) is 2. The Morgan fingerprint density at radius 1 is 1.22 bits per heavy atom. The maximum atomic E-state index is 13.6. The van der Waals surface area contributed by atoms with Crippen LogP contribution in [0.1, 0.15) is 17.3 Å². The number of thioether (sulfide) groups is 1. The van der Waals surface area contributed by atoms with Gasteiger partial charge in [-0.25, -0.2) is 13.6 Å². The number of carbonyl (C=O) groups is 3. The van der Waals surface area contributed by atoms with Crippen molar-refractivity contribution in [1.29, 1.82) is 0 Å². The molecule has 1 heterocycles. The Labute approximate surface area is 157 Å². The van der Waals surface area contributed by atoms with Crippen LogP contribution in [0.4, 0.5) is 20.2 Å². The van der Waals surface area contributed by atoms with Crippen molar-refractivity contribution >= 4 is 40.9 Å². The Morgan fingerprint density at radius 3 is 2.78 bits per heavy atom. The van der Waals surface area contributed by atoms with Crippen LogP contribution in [0.15, 0.2) is 41.3 Å². The first-order chi connectivity index (χ1) is 12.8. The van der Waals surface area contributed by atoms with Crippen LogP contribution in [-0.4, -0.2) is 29.6 Å². The average Bonchev–Trinajstić information content (AvgIpc) is 2.63. The van der Waals surface area contributed by atoms with Crippen molar-refractivity contribution < 1.29 is 27.9 Å². The average molecular weight is 392 g/mol. The zero-order chi connectivity index (χ0) is 19.6. The fourth-order valence-corrected chi connectivity index (χ4v) is 3.11. The second-order valence-corrected chi connectivity index (χ2v) is 6.73. The summed E-state index contributed by atoms with van der Waals surface area (Å²) in [5.74, 6) is -3.01. The third kappa shape index (κ3) is 4.43. The zero-order valence-electron chi connectivity index (χ0n) is 14.0. The molecule has 3 rings (SSSR count). The van der Waals surface area contributed by atoms with Crippen LogP contribution in [0.5, 0.6) is 0 Å². The number of benzene rings is 2. The van der Waals surface area contributed by atoms with E-state index in [1.807, 2.05) is 0 Å². The highest BCUT2D eigenvalue weighted by atomic mass is 32.2. The van der Waals surface area contributed by atoms with Crippen LogP contribution >= 0.6 is 11.8 Å². The summed E-state index contributed by atoms with van der Waals surface area (Å²) in [6.07, 6.45) is -1.25. The topological polar surface area (TPSA) is 84.5 Å². The summed E-state index contributed by atoms with van der Waals surface area (Å²) in [7, 11) is 0. The summed E-state index contributed by atoms with van der Waals surface area (Å²) in [5.41, 5.74) is 0.286. The first-order valence-electron chi connectivity index (χ1n) is 7.87. The molecule has 2 aromatic rings. The molecule has 0 spiro atoms. The number of carbonyl (C=O) groups excluding carboxylic acids is 3. The Hall–Kier alpha value is -2.94. The van der Waals surface area contributed by atoms with E-state index in [9.17, 15) is 23.2 Å². The summed E-state index contributed by atoms with van der Waals surface area (Å²) >= 11 is 1.35. The molecule has 1 aliphatic heterocycles. The summed E-state index contributed by atoms with van der Waals surface area (Å²) in [6.45, 7) is 1.31. The largest absolute Gasteiger partial charge is 0.449 e. The lowest BCUT2D eigenvalue weighted by Crippen LogP contribution is -2.30. The minimum Gasteiger partial charge on any atom is -0.449 e. The predicted molar refractivity (Wildman–Crippen MR) is 95.7 cm³/mol.